The lowest BCUT2D eigenvalue weighted by molar-refractivity contribution is 0.0495. The van der Waals surface area contributed by atoms with Gasteiger partial charge in [0.15, 0.2) is 6.10 Å². The molecular weight excluding hydrogens is 408 g/mol. The number of hydrogen-bond donors (Lipinski definition) is 2. The average Bonchev–Trinajstić information content (AvgIpc) is 3.11. The molecule has 0 saturated carbocycles. The van der Waals surface area contributed by atoms with Crippen LogP contribution in [0.2, 0.25) is 0 Å². The van der Waals surface area contributed by atoms with E-state index < -0.39 is 36.0 Å². The fourth-order valence-corrected chi connectivity index (χ4v) is 3.49. The van der Waals surface area contributed by atoms with Crippen LogP contribution in [0.15, 0.2) is 72.8 Å². The van der Waals surface area contributed by atoms with Crippen LogP contribution in [-0.4, -0.2) is 35.1 Å². The van der Waals surface area contributed by atoms with E-state index in [-0.39, 0.29) is 12.4 Å². The normalized spacial score (nSPS) is 19.2. The second-order valence-corrected chi connectivity index (χ2v) is 7.07. The molecule has 0 aromatic heterocycles. The molecule has 3 aromatic carbocycles. The molecule has 4 rings (SSSR count). The number of phenolic OH excluding ortho intramolecular Hbond substituents is 1. The topological polar surface area (TPSA) is 79.2 Å². The van der Waals surface area contributed by atoms with Crippen molar-refractivity contribution in [2.75, 3.05) is 11.5 Å². The summed E-state index contributed by atoms with van der Waals surface area (Å²) >= 11 is 0. The van der Waals surface area contributed by atoms with Crippen molar-refractivity contribution in [2.45, 2.75) is 18.2 Å². The van der Waals surface area contributed by atoms with Crippen molar-refractivity contribution >= 4 is 11.8 Å². The second-order valence-electron chi connectivity index (χ2n) is 7.07. The van der Waals surface area contributed by atoms with Crippen LogP contribution in [0.4, 0.5) is 19.3 Å². The fourth-order valence-electron chi connectivity index (χ4n) is 3.49. The minimum absolute atomic E-state index is 0.0419. The summed E-state index contributed by atoms with van der Waals surface area (Å²) in [4.78, 5) is 13.9. The number of carbonyl (C=O) groups is 1. The molecule has 6 nitrogen and oxygen atoms in total. The molecule has 3 atom stereocenters. The quantitative estimate of drug-likeness (QED) is 0.617. The highest BCUT2D eigenvalue weighted by Crippen LogP contribution is 2.38. The number of aliphatic hydroxyl groups excluding tert-OH is 1. The van der Waals surface area contributed by atoms with Crippen LogP contribution in [0.1, 0.15) is 11.7 Å². The first-order valence-electron chi connectivity index (χ1n) is 9.53. The molecule has 8 heteroatoms. The highest BCUT2D eigenvalue weighted by atomic mass is 19.1. The third-order valence-electron chi connectivity index (χ3n) is 4.99. The van der Waals surface area contributed by atoms with E-state index in [1.807, 2.05) is 0 Å². The van der Waals surface area contributed by atoms with Gasteiger partial charge in [-0.05, 0) is 66.2 Å². The number of amides is 1. The molecule has 160 valence electrons. The van der Waals surface area contributed by atoms with Crippen molar-refractivity contribution in [1.82, 2.24) is 0 Å². The van der Waals surface area contributed by atoms with E-state index in [0.717, 1.165) is 0 Å². The zero-order chi connectivity index (χ0) is 22.0. The number of hydrogen-bond acceptors (Lipinski definition) is 5. The van der Waals surface area contributed by atoms with Gasteiger partial charge in [0, 0.05) is 5.69 Å². The predicted octanol–water partition coefficient (Wildman–Crippen LogP) is 4.18. The first-order valence-corrected chi connectivity index (χ1v) is 9.53. The van der Waals surface area contributed by atoms with Gasteiger partial charge in [-0.15, -0.1) is 0 Å². The Hall–Kier alpha value is -3.65. The molecule has 2 N–H and O–H groups in total. The van der Waals surface area contributed by atoms with Gasteiger partial charge < -0.3 is 19.7 Å². The number of rotatable bonds is 6. The molecular formula is C23H19F2NO5. The molecule has 3 aromatic rings. The average molecular weight is 427 g/mol. The molecule has 1 fully saturated rings. The van der Waals surface area contributed by atoms with Crippen LogP contribution in [0, 0.1) is 11.6 Å². The highest BCUT2D eigenvalue weighted by molar-refractivity contribution is 5.91. The minimum atomic E-state index is -1.21. The summed E-state index contributed by atoms with van der Waals surface area (Å²) in [5, 5.41) is 20.5. The van der Waals surface area contributed by atoms with Crippen molar-refractivity contribution in [3.63, 3.8) is 0 Å². The third-order valence-corrected chi connectivity index (χ3v) is 4.99. The van der Waals surface area contributed by atoms with Crippen LogP contribution < -0.4 is 9.64 Å². The lowest BCUT2D eigenvalue weighted by Gasteiger charge is -2.29. The number of cyclic esters (lactones) is 1. The Morgan fingerprint density at radius 3 is 2.13 bits per heavy atom. The van der Waals surface area contributed by atoms with E-state index in [9.17, 15) is 23.8 Å². The predicted molar refractivity (Wildman–Crippen MR) is 108 cm³/mol. The Morgan fingerprint density at radius 1 is 0.935 bits per heavy atom. The number of phenols is 1. The molecule has 31 heavy (non-hydrogen) atoms. The zero-order valence-corrected chi connectivity index (χ0v) is 16.2. The SMILES string of the molecule is O=C1O[C@@H](c2ccc(O)cc2)[C@@H]([C@@H](O)COc2ccc(F)cc2)N1c1ccc(F)cc1. The Morgan fingerprint density at radius 2 is 1.52 bits per heavy atom. The van der Waals surface area contributed by atoms with Crippen molar-refractivity contribution in [3.05, 3.63) is 90.0 Å². The Labute approximate surface area is 176 Å². The Bertz CT molecular complexity index is 1040. The monoisotopic (exact) mass is 427 g/mol. The second kappa shape index (κ2) is 8.61. The number of halogens is 2. The van der Waals surface area contributed by atoms with Crippen LogP contribution in [-0.2, 0) is 4.74 Å². The van der Waals surface area contributed by atoms with Gasteiger partial charge >= 0.3 is 6.09 Å². The molecule has 0 bridgehead atoms. The van der Waals surface area contributed by atoms with E-state index in [4.69, 9.17) is 9.47 Å². The highest BCUT2D eigenvalue weighted by Gasteiger charge is 2.47. The maximum absolute atomic E-state index is 13.4. The fraction of sp³-hybridized carbons (Fsp3) is 0.174. The molecule has 1 amide bonds. The van der Waals surface area contributed by atoms with E-state index in [1.54, 1.807) is 12.1 Å². The summed E-state index contributed by atoms with van der Waals surface area (Å²) < 4.78 is 37.6. The molecule has 1 saturated heterocycles. The first-order chi connectivity index (χ1) is 14.9. The smallest absolute Gasteiger partial charge is 0.415 e. The van der Waals surface area contributed by atoms with Crippen LogP contribution >= 0.6 is 0 Å². The van der Waals surface area contributed by atoms with Gasteiger partial charge in [-0.3, -0.25) is 4.90 Å². The first kappa shape index (κ1) is 20.6. The molecule has 1 aliphatic heterocycles. The lowest BCUT2D eigenvalue weighted by Crippen LogP contribution is -2.46. The van der Waals surface area contributed by atoms with Gasteiger partial charge in [-0.1, -0.05) is 12.1 Å². The van der Waals surface area contributed by atoms with Crippen molar-refractivity contribution in [3.8, 4) is 11.5 Å². The Kier molecular flexibility index (Phi) is 5.73. The number of carbonyl (C=O) groups excluding carboxylic acids is 1. The third kappa shape index (κ3) is 4.44. The number of anilines is 1. The summed E-state index contributed by atoms with van der Waals surface area (Å²) in [6.07, 6.45) is -2.79. The molecule has 1 aliphatic rings. The molecule has 0 radical (unpaired) electrons. The van der Waals surface area contributed by atoms with Crippen molar-refractivity contribution in [1.29, 1.82) is 0 Å². The number of aromatic hydroxyl groups is 1. The summed E-state index contributed by atoms with van der Waals surface area (Å²) in [7, 11) is 0. The standard InChI is InChI=1S/C23H19F2NO5/c24-15-3-7-17(8-4-15)26-21(20(28)13-30-19-11-5-16(25)6-12-19)22(31-23(26)29)14-1-9-18(27)10-2-14/h1-12,20-22,27-28H,13H2/t20-,21+,22-/m0/s1. The van der Waals surface area contributed by atoms with Gasteiger partial charge in [-0.2, -0.15) is 0 Å². The van der Waals surface area contributed by atoms with Gasteiger partial charge in [0.2, 0.25) is 0 Å². The van der Waals surface area contributed by atoms with Crippen molar-refractivity contribution < 1.29 is 33.3 Å². The maximum atomic E-state index is 13.4. The number of aliphatic hydroxyl groups is 1. The van der Waals surface area contributed by atoms with E-state index in [1.165, 1.54) is 65.6 Å². The van der Waals surface area contributed by atoms with Gasteiger partial charge in [-0.25, -0.2) is 13.6 Å². The molecule has 1 heterocycles. The number of benzene rings is 3. The number of nitrogens with zero attached hydrogens (tertiary/aromatic N) is 1. The molecule has 0 aliphatic carbocycles. The van der Waals surface area contributed by atoms with Gasteiger partial charge in [0.05, 0.1) is 0 Å². The van der Waals surface area contributed by atoms with Crippen LogP contribution in [0.3, 0.4) is 0 Å². The summed E-state index contributed by atoms with van der Waals surface area (Å²) in [5.74, 6) is -0.499. The minimum Gasteiger partial charge on any atom is -0.508 e. The van der Waals surface area contributed by atoms with E-state index >= 15 is 0 Å². The maximum Gasteiger partial charge on any atom is 0.415 e. The molecule has 0 spiro atoms. The largest absolute Gasteiger partial charge is 0.508 e. The van der Waals surface area contributed by atoms with E-state index in [0.29, 0.717) is 17.0 Å². The zero-order valence-electron chi connectivity index (χ0n) is 16.2. The summed E-state index contributed by atoms with van der Waals surface area (Å²) in [6, 6.07) is 15.7. The van der Waals surface area contributed by atoms with Gasteiger partial charge in [0.25, 0.3) is 0 Å². The number of ether oxygens (including phenoxy) is 2. The van der Waals surface area contributed by atoms with Crippen LogP contribution in [0.25, 0.3) is 0 Å². The van der Waals surface area contributed by atoms with E-state index in [2.05, 4.69) is 0 Å². The lowest BCUT2D eigenvalue weighted by atomic mass is 9.97. The summed E-state index contributed by atoms with van der Waals surface area (Å²) in [6.45, 7) is -0.209. The summed E-state index contributed by atoms with van der Waals surface area (Å²) in [5.41, 5.74) is 0.903. The Balaban J connectivity index is 1.63. The van der Waals surface area contributed by atoms with Crippen LogP contribution in [0.5, 0.6) is 11.5 Å². The van der Waals surface area contributed by atoms with Crippen molar-refractivity contribution in [2.24, 2.45) is 0 Å². The van der Waals surface area contributed by atoms with Gasteiger partial charge in [0.1, 0.15) is 41.9 Å². The molecule has 0 unspecified atom stereocenters.